The highest BCUT2D eigenvalue weighted by Crippen LogP contribution is 2.19. The third kappa shape index (κ3) is 3.14. The molecule has 7 heteroatoms. The van der Waals surface area contributed by atoms with Crippen molar-refractivity contribution in [2.75, 3.05) is 0 Å². The molecular formula is C10H12N2O2S3. The van der Waals surface area contributed by atoms with Crippen molar-refractivity contribution in [1.29, 1.82) is 0 Å². The van der Waals surface area contributed by atoms with Gasteiger partial charge < -0.3 is 5.73 Å². The van der Waals surface area contributed by atoms with Gasteiger partial charge in [-0.15, -0.1) is 11.3 Å². The van der Waals surface area contributed by atoms with Crippen molar-refractivity contribution in [3.8, 4) is 0 Å². The first-order valence-corrected chi connectivity index (χ1v) is 8.20. The smallest absolute Gasteiger partial charge is 0.241 e. The molecule has 92 valence electrons. The molecule has 17 heavy (non-hydrogen) atoms. The van der Waals surface area contributed by atoms with Gasteiger partial charge in [0.05, 0.1) is 4.90 Å². The van der Waals surface area contributed by atoms with Gasteiger partial charge in [-0.25, -0.2) is 13.1 Å². The minimum absolute atomic E-state index is 0.290. The van der Waals surface area contributed by atoms with E-state index >= 15 is 0 Å². The molecule has 0 aliphatic carbocycles. The molecule has 0 unspecified atom stereocenters. The summed E-state index contributed by atoms with van der Waals surface area (Å²) in [5, 5.41) is 5.44. The van der Waals surface area contributed by atoms with Crippen molar-refractivity contribution >= 4 is 32.7 Å². The van der Waals surface area contributed by atoms with E-state index in [1.165, 1.54) is 11.3 Å². The Hall–Kier alpha value is -0.730. The van der Waals surface area contributed by atoms with Crippen molar-refractivity contribution < 1.29 is 8.42 Å². The Morgan fingerprint density at radius 1 is 1.35 bits per heavy atom. The summed E-state index contributed by atoms with van der Waals surface area (Å²) in [5.41, 5.74) is 6.42. The summed E-state index contributed by atoms with van der Waals surface area (Å²) in [6, 6.07) is 3.51. The maximum atomic E-state index is 11.9. The Morgan fingerprint density at radius 3 is 2.76 bits per heavy atom. The van der Waals surface area contributed by atoms with E-state index in [9.17, 15) is 8.42 Å². The lowest BCUT2D eigenvalue weighted by Crippen LogP contribution is -2.22. The normalized spacial score (nSPS) is 11.8. The first-order valence-electron chi connectivity index (χ1n) is 4.90. The van der Waals surface area contributed by atoms with Gasteiger partial charge in [-0.1, -0.05) is 0 Å². The monoisotopic (exact) mass is 288 g/mol. The van der Waals surface area contributed by atoms with Crippen molar-refractivity contribution in [1.82, 2.24) is 4.72 Å². The maximum Gasteiger partial charge on any atom is 0.241 e. The van der Waals surface area contributed by atoms with Crippen molar-refractivity contribution in [2.45, 2.75) is 18.0 Å². The second kappa shape index (κ2) is 5.28. The van der Waals surface area contributed by atoms with Crippen LogP contribution in [-0.2, 0) is 23.1 Å². The number of nitrogens with two attached hydrogens (primary N) is 1. The van der Waals surface area contributed by atoms with Crippen LogP contribution < -0.4 is 10.5 Å². The lowest BCUT2D eigenvalue weighted by Gasteiger charge is -2.02. The fourth-order valence-electron chi connectivity index (χ4n) is 1.26. The third-order valence-electron chi connectivity index (χ3n) is 2.19. The highest BCUT2D eigenvalue weighted by atomic mass is 32.2. The molecule has 0 amide bonds. The molecule has 0 aliphatic heterocycles. The number of thiophene rings is 2. The molecule has 2 rings (SSSR count). The van der Waals surface area contributed by atoms with Crippen LogP contribution in [0.25, 0.3) is 0 Å². The van der Waals surface area contributed by atoms with Crippen LogP contribution in [0.15, 0.2) is 33.2 Å². The Labute approximate surface area is 108 Å². The van der Waals surface area contributed by atoms with Crippen LogP contribution in [0, 0.1) is 0 Å². The Morgan fingerprint density at radius 2 is 2.18 bits per heavy atom. The molecule has 0 radical (unpaired) electrons. The zero-order chi connectivity index (χ0) is 12.3. The van der Waals surface area contributed by atoms with Gasteiger partial charge in [0, 0.05) is 23.3 Å². The molecule has 0 atom stereocenters. The molecular weight excluding hydrogens is 276 g/mol. The first-order chi connectivity index (χ1) is 8.12. The molecule has 0 bridgehead atoms. The number of nitrogens with one attached hydrogen (secondary N) is 1. The predicted octanol–water partition coefficient (Wildman–Crippen LogP) is 1.75. The minimum Gasteiger partial charge on any atom is -0.326 e. The highest BCUT2D eigenvalue weighted by molar-refractivity contribution is 7.89. The van der Waals surface area contributed by atoms with Crippen LogP contribution in [0.1, 0.15) is 10.4 Å². The van der Waals surface area contributed by atoms with Gasteiger partial charge in [0.2, 0.25) is 10.0 Å². The standard InChI is InChI=1S/C10H12N2O2S3/c11-4-9-3-10(7-16-9)17(13,14)12-5-8-1-2-15-6-8/h1-3,6-7,12H,4-5,11H2. The van der Waals surface area contributed by atoms with E-state index in [2.05, 4.69) is 4.72 Å². The van der Waals surface area contributed by atoms with Crippen LogP contribution in [0.2, 0.25) is 0 Å². The second-order valence-corrected chi connectivity index (χ2v) is 6.95. The van der Waals surface area contributed by atoms with Crippen molar-refractivity contribution in [3.05, 3.63) is 38.7 Å². The lowest BCUT2D eigenvalue weighted by molar-refractivity contribution is 0.581. The maximum absolute atomic E-state index is 11.9. The molecule has 2 aromatic heterocycles. The molecule has 0 aliphatic rings. The Bertz CT molecular complexity index is 572. The lowest BCUT2D eigenvalue weighted by atomic mass is 10.4. The van der Waals surface area contributed by atoms with E-state index in [4.69, 9.17) is 5.73 Å². The average molecular weight is 288 g/mol. The van der Waals surface area contributed by atoms with E-state index in [-0.39, 0.29) is 4.90 Å². The summed E-state index contributed by atoms with van der Waals surface area (Å²) in [6.07, 6.45) is 0. The summed E-state index contributed by atoms with van der Waals surface area (Å²) >= 11 is 2.90. The summed E-state index contributed by atoms with van der Waals surface area (Å²) < 4.78 is 26.4. The van der Waals surface area contributed by atoms with Gasteiger partial charge in [-0.05, 0) is 28.5 Å². The van der Waals surface area contributed by atoms with Gasteiger partial charge in [0.15, 0.2) is 0 Å². The molecule has 0 spiro atoms. The van der Waals surface area contributed by atoms with Crippen LogP contribution in [0.4, 0.5) is 0 Å². The number of hydrogen-bond acceptors (Lipinski definition) is 5. The van der Waals surface area contributed by atoms with Gasteiger partial charge >= 0.3 is 0 Å². The SMILES string of the molecule is NCc1cc(S(=O)(=O)NCc2ccsc2)cs1. The van der Waals surface area contributed by atoms with Gasteiger partial charge in [-0.3, -0.25) is 0 Å². The zero-order valence-corrected chi connectivity index (χ0v) is 11.4. The molecule has 0 aromatic carbocycles. The van der Waals surface area contributed by atoms with Crippen LogP contribution in [0.3, 0.4) is 0 Å². The molecule has 3 N–H and O–H groups in total. The third-order valence-corrected chi connectivity index (χ3v) is 5.41. The highest BCUT2D eigenvalue weighted by Gasteiger charge is 2.15. The zero-order valence-electron chi connectivity index (χ0n) is 8.92. The summed E-state index contributed by atoms with van der Waals surface area (Å²) in [6.45, 7) is 0.685. The van der Waals surface area contributed by atoms with Crippen LogP contribution in [-0.4, -0.2) is 8.42 Å². The van der Waals surface area contributed by atoms with Crippen molar-refractivity contribution in [3.63, 3.8) is 0 Å². The molecule has 2 aromatic rings. The quantitative estimate of drug-likeness (QED) is 0.880. The van der Waals surface area contributed by atoms with Gasteiger partial charge in [0.25, 0.3) is 0 Å². The first kappa shape index (κ1) is 12.7. The van der Waals surface area contributed by atoms with Gasteiger partial charge in [0.1, 0.15) is 0 Å². The summed E-state index contributed by atoms with van der Waals surface area (Å²) in [7, 11) is -3.42. The Balaban J connectivity index is 2.08. The van der Waals surface area contributed by atoms with E-state index < -0.39 is 10.0 Å². The fourth-order valence-corrected chi connectivity index (χ4v) is 4.11. The number of sulfonamides is 1. The predicted molar refractivity (Wildman–Crippen MR) is 70.6 cm³/mol. The Kier molecular flexibility index (Phi) is 3.95. The summed E-state index contributed by atoms with van der Waals surface area (Å²) in [5.74, 6) is 0. The second-order valence-electron chi connectivity index (χ2n) is 3.41. The average Bonchev–Trinajstić information content (AvgIpc) is 2.98. The largest absolute Gasteiger partial charge is 0.326 e. The van der Waals surface area contributed by atoms with E-state index in [1.54, 1.807) is 22.8 Å². The van der Waals surface area contributed by atoms with Crippen molar-refractivity contribution in [2.24, 2.45) is 5.73 Å². The molecule has 2 heterocycles. The topological polar surface area (TPSA) is 72.2 Å². The molecule has 0 saturated carbocycles. The van der Waals surface area contributed by atoms with E-state index in [0.29, 0.717) is 13.1 Å². The fraction of sp³-hybridized carbons (Fsp3) is 0.200. The summed E-state index contributed by atoms with van der Waals surface area (Å²) in [4.78, 5) is 1.15. The number of rotatable bonds is 5. The minimum atomic E-state index is -3.42. The van der Waals surface area contributed by atoms with E-state index in [1.807, 2.05) is 16.8 Å². The number of hydrogen-bond donors (Lipinski definition) is 2. The van der Waals surface area contributed by atoms with Gasteiger partial charge in [-0.2, -0.15) is 11.3 Å². The van der Waals surface area contributed by atoms with Crippen LogP contribution >= 0.6 is 22.7 Å². The molecule has 0 fully saturated rings. The molecule has 0 saturated heterocycles. The van der Waals surface area contributed by atoms with E-state index in [0.717, 1.165) is 10.4 Å². The molecule has 4 nitrogen and oxygen atoms in total. The van der Waals surface area contributed by atoms with Crippen LogP contribution in [0.5, 0.6) is 0 Å².